The summed E-state index contributed by atoms with van der Waals surface area (Å²) in [7, 11) is 2.04. The van der Waals surface area contributed by atoms with Crippen LogP contribution in [0.5, 0.6) is 0 Å². The van der Waals surface area contributed by atoms with E-state index in [0.717, 1.165) is 12.5 Å². The Bertz CT molecular complexity index is 136. The van der Waals surface area contributed by atoms with Gasteiger partial charge in [0.1, 0.15) is 0 Å². The van der Waals surface area contributed by atoms with Gasteiger partial charge in [-0.1, -0.05) is 6.92 Å². The van der Waals surface area contributed by atoms with Crippen LogP contribution < -0.4 is 5.32 Å². The van der Waals surface area contributed by atoms with Gasteiger partial charge in [-0.25, -0.2) is 0 Å². The third kappa shape index (κ3) is 3.65. The number of ether oxygens (including phenoxy) is 1. The topological polar surface area (TPSA) is 21.3 Å². The van der Waals surface area contributed by atoms with E-state index in [1.807, 2.05) is 7.05 Å². The van der Waals surface area contributed by atoms with Gasteiger partial charge in [0.05, 0.1) is 6.10 Å². The first-order valence-corrected chi connectivity index (χ1v) is 5.55. The first-order valence-electron chi connectivity index (χ1n) is 5.55. The SMILES string of the molecule is CCC1CC(CC(C)NC)CCO1. The van der Waals surface area contributed by atoms with Gasteiger partial charge in [-0.3, -0.25) is 0 Å². The lowest BCUT2D eigenvalue weighted by Crippen LogP contribution is -2.30. The zero-order valence-corrected chi connectivity index (χ0v) is 9.18. The fraction of sp³-hybridized carbons (Fsp3) is 1.00. The van der Waals surface area contributed by atoms with E-state index in [-0.39, 0.29) is 0 Å². The molecule has 3 atom stereocenters. The molecule has 1 heterocycles. The van der Waals surface area contributed by atoms with Gasteiger partial charge >= 0.3 is 0 Å². The molecule has 0 aromatic rings. The Morgan fingerprint density at radius 2 is 2.31 bits per heavy atom. The first-order chi connectivity index (χ1) is 6.26. The van der Waals surface area contributed by atoms with Crippen LogP contribution in [0.2, 0.25) is 0 Å². The van der Waals surface area contributed by atoms with Gasteiger partial charge in [0.15, 0.2) is 0 Å². The van der Waals surface area contributed by atoms with Gasteiger partial charge < -0.3 is 10.1 Å². The monoisotopic (exact) mass is 185 g/mol. The van der Waals surface area contributed by atoms with Crippen LogP contribution in [0, 0.1) is 5.92 Å². The predicted molar refractivity (Wildman–Crippen MR) is 55.9 cm³/mol. The second kappa shape index (κ2) is 5.61. The van der Waals surface area contributed by atoms with Gasteiger partial charge in [0.2, 0.25) is 0 Å². The molecule has 1 aliphatic heterocycles. The molecule has 0 bridgehead atoms. The molecule has 0 aromatic heterocycles. The highest BCUT2D eigenvalue weighted by atomic mass is 16.5. The maximum atomic E-state index is 5.65. The van der Waals surface area contributed by atoms with Crippen molar-refractivity contribution in [1.82, 2.24) is 5.32 Å². The zero-order chi connectivity index (χ0) is 9.68. The van der Waals surface area contributed by atoms with E-state index < -0.39 is 0 Å². The van der Waals surface area contributed by atoms with Crippen molar-refractivity contribution in [2.75, 3.05) is 13.7 Å². The number of rotatable bonds is 4. The van der Waals surface area contributed by atoms with Crippen LogP contribution in [0.1, 0.15) is 39.5 Å². The maximum Gasteiger partial charge on any atom is 0.0575 e. The van der Waals surface area contributed by atoms with Crippen LogP contribution in [0.3, 0.4) is 0 Å². The molecule has 1 saturated heterocycles. The minimum Gasteiger partial charge on any atom is -0.378 e. The summed E-state index contributed by atoms with van der Waals surface area (Å²) in [6.45, 7) is 5.45. The fourth-order valence-corrected chi connectivity index (χ4v) is 2.08. The molecule has 78 valence electrons. The van der Waals surface area contributed by atoms with Crippen molar-refractivity contribution in [3.8, 4) is 0 Å². The van der Waals surface area contributed by atoms with Gasteiger partial charge in [-0.05, 0) is 45.6 Å². The van der Waals surface area contributed by atoms with E-state index >= 15 is 0 Å². The zero-order valence-electron chi connectivity index (χ0n) is 9.18. The molecule has 1 rings (SSSR count). The molecule has 0 amide bonds. The largest absolute Gasteiger partial charge is 0.378 e. The molecule has 1 N–H and O–H groups in total. The third-order valence-electron chi connectivity index (χ3n) is 3.11. The number of hydrogen-bond acceptors (Lipinski definition) is 2. The second-order valence-corrected chi connectivity index (χ2v) is 4.22. The molecule has 1 aliphatic rings. The highest BCUT2D eigenvalue weighted by Gasteiger charge is 2.22. The van der Waals surface area contributed by atoms with Crippen molar-refractivity contribution in [3.05, 3.63) is 0 Å². The molecule has 0 saturated carbocycles. The summed E-state index contributed by atoms with van der Waals surface area (Å²) in [5, 5.41) is 3.30. The van der Waals surface area contributed by atoms with Crippen LogP contribution >= 0.6 is 0 Å². The van der Waals surface area contributed by atoms with Crippen LogP contribution in [0.15, 0.2) is 0 Å². The van der Waals surface area contributed by atoms with Crippen LogP contribution in [0.25, 0.3) is 0 Å². The van der Waals surface area contributed by atoms with Crippen molar-refractivity contribution in [2.45, 2.75) is 51.7 Å². The van der Waals surface area contributed by atoms with Crippen molar-refractivity contribution >= 4 is 0 Å². The van der Waals surface area contributed by atoms with E-state index in [4.69, 9.17) is 4.74 Å². The molecular formula is C11H23NO. The second-order valence-electron chi connectivity index (χ2n) is 4.22. The Hall–Kier alpha value is -0.0800. The minimum absolute atomic E-state index is 0.530. The fourth-order valence-electron chi connectivity index (χ4n) is 2.08. The Morgan fingerprint density at radius 3 is 2.92 bits per heavy atom. The number of hydrogen-bond donors (Lipinski definition) is 1. The minimum atomic E-state index is 0.530. The van der Waals surface area contributed by atoms with Crippen molar-refractivity contribution in [3.63, 3.8) is 0 Å². The average molecular weight is 185 g/mol. The summed E-state index contributed by atoms with van der Waals surface area (Å²) >= 11 is 0. The molecule has 0 aromatic carbocycles. The van der Waals surface area contributed by atoms with Crippen molar-refractivity contribution in [1.29, 1.82) is 0 Å². The molecule has 13 heavy (non-hydrogen) atoms. The first kappa shape index (κ1) is 11.0. The Morgan fingerprint density at radius 1 is 1.54 bits per heavy atom. The van der Waals surface area contributed by atoms with Gasteiger partial charge in [0, 0.05) is 12.6 Å². The van der Waals surface area contributed by atoms with Gasteiger partial charge in [-0.2, -0.15) is 0 Å². The summed E-state index contributed by atoms with van der Waals surface area (Å²) in [5.41, 5.74) is 0. The molecule has 0 spiro atoms. The molecule has 1 fully saturated rings. The highest BCUT2D eigenvalue weighted by molar-refractivity contribution is 4.74. The van der Waals surface area contributed by atoms with Gasteiger partial charge in [-0.15, -0.1) is 0 Å². The maximum absolute atomic E-state index is 5.65. The molecule has 0 radical (unpaired) electrons. The van der Waals surface area contributed by atoms with Gasteiger partial charge in [0.25, 0.3) is 0 Å². The Kier molecular flexibility index (Phi) is 4.74. The quantitative estimate of drug-likeness (QED) is 0.725. The van der Waals surface area contributed by atoms with E-state index in [9.17, 15) is 0 Å². The predicted octanol–water partition coefficient (Wildman–Crippen LogP) is 2.19. The standard InChI is InChI=1S/C11H23NO/c1-4-11-8-10(5-6-13-11)7-9(2)12-3/h9-12H,4-8H2,1-3H3. The van der Waals surface area contributed by atoms with Crippen LogP contribution in [-0.2, 0) is 4.74 Å². The molecule has 3 unspecified atom stereocenters. The average Bonchev–Trinajstić information content (AvgIpc) is 2.18. The lowest BCUT2D eigenvalue weighted by atomic mass is 9.89. The molecule has 0 aliphatic carbocycles. The van der Waals surface area contributed by atoms with Crippen LogP contribution in [0.4, 0.5) is 0 Å². The molecule has 2 nitrogen and oxygen atoms in total. The molecule has 2 heteroatoms. The highest BCUT2D eigenvalue weighted by Crippen LogP contribution is 2.25. The van der Waals surface area contributed by atoms with Crippen LogP contribution in [-0.4, -0.2) is 25.8 Å². The normalized spacial score (nSPS) is 31.6. The summed E-state index contributed by atoms with van der Waals surface area (Å²) in [6, 6.07) is 0.653. The summed E-state index contributed by atoms with van der Waals surface area (Å²) in [5.74, 6) is 0.876. The molecular weight excluding hydrogens is 162 g/mol. The summed E-state index contributed by atoms with van der Waals surface area (Å²) in [6.07, 6.45) is 5.52. The summed E-state index contributed by atoms with van der Waals surface area (Å²) < 4.78 is 5.65. The Balaban J connectivity index is 2.25. The number of nitrogens with one attached hydrogen (secondary N) is 1. The van der Waals surface area contributed by atoms with Crippen molar-refractivity contribution in [2.24, 2.45) is 5.92 Å². The third-order valence-corrected chi connectivity index (χ3v) is 3.11. The lowest BCUT2D eigenvalue weighted by Gasteiger charge is -2.30. The smallest absolute Gasteiger partial charge is 0.0575 e. The van der Waals surface area contributed by atoms with E-state index in [1.54, 1.807) is 0 Å². The van der Waals surface area contributed by atoms with E-state index in [2.05, 4.69) is 19.2 Å². The lowest BCUT2D eigenvalue weighted by molar-refractivity contribution is -0.0135. The Labute approximate surface area is 82.0 Å². The van der Waals surface area contributed by atoms with E-state index in [1.165, 1.54) is 25.7 Å². The van der Waals surface area contributed by atoms with E-state index in [0.29, 0.717) is 12.1 Å². The van der Waals surface area contributed by atoms with Crippen molar-refractivity contribution < 1.29 is 4.74 Å². The summed E-state index contributed by atoms with van der Waals surface area (Å²) in [4.78, 5) is 0.